The van der Waals surface area contributed by atoms with Crippen LogP contribution in [0.5, 0.6) is 0 Å². The van der Waals surface area contributed by atoms with Crippen LogP contribution >= 0.6 is 0 Å². The number of hydrogen-bond acceptors (Lipinski definition) is 2. The van der Waals surface area contributed by atoms with Gasteiger partial charge in [0.15, 0.2) is 0 Å². The Balaban J connectivity index is 1.70. The van der Waals surface area contributed by atoms with Crippen LogP contribution in [-0.2, 0) is 9.22 Å². The molecule has 0 aromatic heterocycles. The van der Waals surface area contributed by atoms with E-state index < -0.39 is 8.32 Å². The van der Waals surface area contributed by atoms with E-state index in [2.05, 4.69) is 59.9 Å². The highest BCUT2D eigenvalue weighted by atomic mass is 28.4. The lowest BCUT2D eigenvalue weighted by atomic mass is 9.62. The van der Waals surface area contributed by atoms with Gasteiger partial charge in [0, 0.05) is 18.8 Å². The maximum atomic E-state index is 12.4. The number of rotatable bonds is 4. The Hall–Kier alpha value is -0.833. The van der Waals surface area contributed by atoms with E-state index in [1.807, 2.05) is 0 Å². The zero-order valence-corrected chi connectivity index (χ0v) is 19.7. The van der Waals surface area contributed by atoms with Crippen molar-refractivity contribution < 1.29 is 9.22 Å². The van der Waals surface area contributed by atoms with Crippen LogP contribution in [0.2, 0.25) is 18.1 Å². The van der Waals surface area contributed by atoms with Crippen molar-refractivity contribution in [2.75, 3.05) is 0 Å². The van der Waals surface area contributed by atoms with Gasteiger partial charge in [-0.2, -0.15) is 0 Å². The Morgan fingerprint density at radius 3 is 2.59 bits per heavy atom. The van der Waals surface area contributed by atoms with Gasteiger partial charge in [-0.3, -0.25) is 4.79 Å². The van der Waals surface area contributed by atoms with Gasteiger partial charge in [0.05, 0.1) is 5.76 Å². The van der Waals surface area contributed by atoms with Crippen molar-refractivity contribution in [2.24, 2.45) is 23.2 Å². The van der Waals surface area contributed by atoms with Crippen LogP contribution < -0.4 is 0 Å². The molecule has 0 N–H and O–H groups in total. The molecule has 3 aliphatic carbocycles. The molecule has 2 fully saturated rings. The molecule has 0 amide bonds. The Morgan fingerprint density at radius 2 is 1.93 bits per heavy atom. The molecule has 0 aromatic rings. The second-order valence-electron chi connectivity index (χ2n) is 11.1. The van der Waals surface area contributed by atoms with E-state index in [-0.39, 0.29) is 10.5 Å². The summed E-state index contributed by atoms with van der Waals surface area (Å²) in [7, 11) is -1.74. The zero-order valence-electron chi connectivity index (χ0n) is 18.7. The molecule has 3 aliphatic rings. The molecular formula is C24H40O2Si. The summed E-state index contributed by atoms with van der Waals surface area (Å²) >= 11 is 0. The quantitative estimate of drug-likeness (QED) is 0.483. The van der Waals surface area contributed by atoms with Crippen molar-refractivity contribution in [1.82, 2.24) is 0 Å². The second kappa shape index (κ2) is 7.20. The fourth-order valence-electron chi connectivity index (χ4n) is 5.60. The van der Waals surface area contributed by atoms with E-state index in [1.54, 1.807) is 0 Å². The molecule has 0 bridgehead atoms. The van der Waals surface area contributed by atoms with Gasteiger partial charge in [-0.1, -0.05) is 40.7 Å². The lowest BCUT2D eigenvalue weighted by molar-refractivity contribution is -0.129. The molecule has 0 aromatic carbocycles. The van der Waals surface area contributed by atoms with Gasteiger partial charge in [-0.15, -0.1) is 0 Å². The fourth-order valence-corrected chi connectivity index (χ4v) is 6.72. The number of allylic oxidation sites excluding steroid dienone is 4. The third kappa shape index (κ3) is 3.99. The van der Waals surface area contributed by atoms with E-state index in [0.717, 1.165) is 32.1 Å². The average molecular weight is 389 g/mol. The summed E-state index contributed by atoms with van der Waals surface area (Å²) in [4.78, 5) is 12.4. The van der Waals surface area contributed by atoms with Crippen LogP contribution in [0.3, 0.4) is 0 Å². The molecule has 0 spiro atoms. The normalized spacial score (nSPS) is 34.6. The highest BCUT2D eigenvalue weighted by Gasteiger charge is 2.52. The molecule has 2 saturated carbocycles. The van der Waals surface area contributed by atoms with Crippen molar-refractivity contribution in [3.05, 3.63) is 23.5 Å². The zero-order chi connectivity index (χ0) is 20.0. The molecule has 3 rings (SSSR count). The van der Waals surface area contributed by atoms with Gasteiger partial charge in [-0.05, 0) is 79.1 Å². The Bertz CT molecular complexity index is 652. The molecule has 0 saturated heterocycles. The number of carbonyl (C=O) groups is 1. The molecule has 0 aliphatic heterocycles. The first-order chi connectivity index (χ1) is 12.4. The van der Waals surface area contributed by atoms with Gasteiger partial charge in [0.25, 0.3) is 0 Å². The molecule has 152 valence electrons. The second-order valence-corrected chi connectivity index (χ2v) is 15.9. The average Bonchev–Trinajstić information content (AvgIpc) is 3.10. The molecule has 2 nitrogen and oxygen atoms in total. The minimum absolute atomic E-state index is 0.231. The van der Waals surface area contributed by atoms with E-state index in [4.69, 9.17) is 4.43 Å². The van der Waals surface area contributed by atoms with Crippen LogP contribution in [-0.4, -0.2) is 14.1 Å². The van der Waals surface area contributed by atoms with Crippen LogP contribution in [0.4, 0.5) is 0 Å². The van der Waals surface area contributed by atoms with E-state index in [0.29, 0.717) is 23.5 Å². The third-order valence-corrected chi connectivity index (χ3v) is 12.6. The summed E-state index contributed by atoms with van der Waals surface area (Å²) in [5, 5.41) is 0.245. The summed E-state index contributed by atoms with van der Waals surface area (Å²) in [5.74, 6) is 3.26. The minimum atomic E-state index is -1.74. The number of Topliss-reactive ketones (excluding diaryl/α,β-unsaturated/α-hetero) is 1. The molecule has 27 heavy (non-hydrogen) atoms. The van der Waals surface area contributed by atoms with Crippen molar-refractivity contribution in [3.63, 3.8) is 0 Å². The SMILES string of the molecule is C[C@H](C=C1C=C(O[Si](C)(C)C(C)(C)C)CC1)[C@H]1CCC2C(=O)CCC[C@@]21C. The lowest BCUT2D eigenvalue weighted by Gasteiger charge is -2.41. The first-order valence-electron chi connectivity index (χ1n) is 11.1. The maximum Gasteiger partial charge on any atom is 0.250 e. The number of hydrogen-bond donors (Lipinski definition) is 0. The summed E-state index contributed by atoms with van der Waals surface area (Å²) < 4.78 is 6.53. The standard InChI is InChI=1S/C24H40O2Si/c1-17(20-12-13-21-22(25)9-8-14-24(20,21)5)15-18-10-11-19(16-18)26-27(6,7)23(2,3)4/h15-17,20-21H,8-14H2,1-7H3/t17-,20-,21?,24-/m1/s1. The summed E-state index contributed by atoms with van der Waals surface area (Å²) in [6.45, 7) is 16.3. The molecule has 0 radical (unpaired) electrons. The van der Waals surface area contributed by atoms with Gasteiger partial charge < -0.3 is 4.43 Å². The van der Waals surface area contributed by atoms with E-state index >= 15 is 0 Å². The van der Waals surface area contributed by atoms with Crippen LogP contribution in [0.15, 0.2) is 23.5 Å². The molecule has 0 heterocycles. The van der Waals surface area contributed by atoms with Crippen LogP contribution in [0, 0.1) is 23.2 Å². The van der Waals surface area contributed by atoms with Crippen molar-refractivity contribution in [1.29, 1.82) is 0 Å². The minimum Gasteiger partial charge on any atom is -0.546 e. The van der Waals surface area contributed by atoms with Gasteiger partial charge >= 0.3 is 0 Å². The molecule has 3 heteroatoms. The monoisotopic (exact) mass is 388 g/mol. The van der Waals surface area contributed by atoms with Crippen molar-refractivity contribution >= 4 is 14.1 Å². The van der Waals surface area contributed by atoms with Crippen LogP contribution in [0.25, 0.3) is 0 Å². The maximum absolute atomic E-state index is 12.4. The number of ketones is 1. The van der Waals surface area contributed by atoms with Gasteiger partial charge in [0.2, 0.25) is 8.32 Å². The number of carbonyl (C=O) groups excluding carboxylic acids is 1. The molecule has 4 atom stereocenters. The van der Waals surface area contributed by atoms with Crippen molar-refractivity contribution in [3.8, 4) is 0 Å². The highest BCUT2D eigenvalue weighted by Crippen LogP contribution is 2.57. The smallest absolute Gasteiger partial charge is 0.250 e. The van der Waals surface area contributed by atoms with Crippen LogP contribution in [0.1, 0.15) is 79.6 Å². The highest BCUT2D eigenvalue weighted by molar-refractivity contribution is 6.74. The third-order valence-electron chi connectivity index (χ3n) is 8.25. The summed E-state index contributed by atoms with van der Waals surface area (Å²) in [6.07, 6.45) is 12.5. The Labute approximate surface area is 168 Å². The largest absolute Gasteiger partial charge is 0.546 e. The Morgan fingerprint density at radius 1 is 1.22 bits per heavy atom. The van der Waals surface area contributed by atoms with Crippen molar-refractivity contribution in [2.45, 2.75) is 97.7 Å². The summed E-state index contributed by atoms with van der Waals surface area (Å²) in [6, 6.07) is 0. The predicted molar refractivity (Wildman–Crippen MR) is 116 cm³/mol. The lowest BCUT2D eigenvalue weighted by Crippen LogP contribution is -2.40. The molecular weight excluding hydrogens is 348 g/mol. The Kier molecular flexibility index (Phi) is 5.57. The van der Waals surface area contributed by atoms with Gasteiger partial charge in [0.1, 0.15) is 5.78 Å². The first kappa shape index (κ1) is 20.9. The fraction of sp³-hybridized carbons (Fsp3) is 0.792. The van der Waals surface area contributed by atoms with E-state index in [1.165, 1.54) is 24.2 Å². The molecule has 1 unspecified atom stereocenters. The van der Waals surface area contributed by atoms with Gasteiger partial charge in [-0.25, -0.2) is 0 Å². The predicted octanol–water partition coefficient (Wildman–Crippen LogP) is 7.03. The number of fused-ring (bicyclic) bond motifs is 1. The topological polar surface area (TPSA) is 26.3 Å². The first-order valence-corrected chi connectivity index (χ1v) is 14.0. The summed E-state index contributed by atoms with van der Waals surface area (Å²) in [5.41, 5.74) is 1.68. The van der Waals surface area contributed by atoms with E-state index in [9.17, 15) is 4.79 Å².